The molecule has 0 aliphatic carbocycles. The Morgan fingerprint density at radius 1 is 1.67 bits per heavy atom. The van der Waals surface area contributed by atoms with Crippen LogP contribution in [0, 0.1) is 16.0 Å². The largest absolute Gasteiger partial charge is 0.259 e. The van der Waals surface area contributed by atoms with Crippen LogP contribution >= 0.6 is 0 Å². The van der Waals surface area contributed by atoms with Crippen molar-refractivity contribution >= 4 is 0 Å². The van der Waals surface area contributed by atoms with Gasteiger partial charge in [-0.2, -0.15) is 0 Å². The van der Waals surface area contributed by atoms with Crippen LogP contribution in [0.3, 0.4) is 0 Å². The Bertz CT molecular complexity index is 138. The number of nitro groups is 1. The molecular weight excluding hydrogens is 118 g/mol. The Hall–Kier alpha value is -0.860. The fourth-order valence-corrected chi connectivity index (χ4v) is 0.650. The zero-order valence-electron chi connectivity index (χ0n) is 5.92. The minimum Gasteiger partial charge on any atom is -0.259 e. The smallest absolute Gasteiger partial charge is 0.244 e. The van der Waals surface area contributed by atoms with E-state index in [-0.39, 0.29) is 16.5 Å². The zero-order valence-corrected chi connectivity index (χ0v) is 5.92. The van der Waals surface area contributed by atoms with Gasteiger partial charge >= 0.3 is 0 Å². The molecule has 0 aliphatic rings. The van der Waals surface area contributed by atoms with Gasteiger partial charge in [0.2, 0.25) is 5.70 Å². The first-order valence-corrected chi connectivity index (χ1v) is 2.90. The monoisotopic (exact) mass is 129 g/mol. The molecule has 0 N–H and O–H groups in total. The van der Waals surface area contributed by atoms with Crippen LogP contribution in [0.1, 0.15) is 20.8 Å². The van der Waals surface area contributed by atoms with Crippen molar-refractivity contribution in [3.05, 3.63) is 21.9 Å². The maximum atomic E-state index is 10.1. The third-order valence-electron chi connectivity index (χ3n) is 1.10. The molecule has 0 rings (SSSR count). The number of allylic oxidation sites excluding steroid dienone is 2. The van der Waals surface area contributed by atoms with Gasteiger partial charge in [-0.25, -0.2) is 0 Å². The van der Waals surface area contributed by atoms with E-state index in [2.05, 4.69) is 0 Å². The van der Waals surface area contributed by atoms with Crippen LogP contribution in [0.15, 0.2) is 11.8 Å². The fraction of sp³-hybridized carbons (Fsp3) is 0.667. The first-order chi connectivity index (χ1) is 4.09. The highest BCUT2D eigenvalue weighted by Crippen LogP contribution is 2.08. The van der Waals surface area contributed by atoms with Crippen molar-refractivity contribution in [2.24, 2.45) is 5.92 Å². The Balaban J connectivity index is 4.19. The molecule has 52 valence electrons. The lowest BCUT2D eigenvalue weighted by atomic mass is 10.1. The number of nitrogens with zero attached hydrogens (tertiary/aromatic N) is 1. The normalized spacial score (nSPS) is 12.2. The molecule has 0 aromatic rings. The Morgan fingerprint density at radius 2 is 2.11 bits per heavy atom. The molecule has 3 heteroatoms. The van der Waals surface area contributed by atoms with Gasteiger partial charge in [0.25, 0.3) is 0 Å². The van der Waals surface area contributed by atoms with Crippen LogP contribution in [-0.4, -0.2) is 4.92 Å². The van der Waals surface area contributed by atoms with E-state index < -0.39 is 0 Å². The van der Waals surface area contributed by atoms with Crippen LogP contribution in [-0.2, 0) is 0 Å². The van der Waals surface area contributed by atoms with Crippen molar-refractivity contribution in [2.75, 3.05) is 0 Å². The minimum atomic E-state index is -0.343. The van der Waals surface area contributed by atoms with Crippen LogP contribution in [0.5, 0.6) is 0 Å². The van der Waals surface area contributed by atoms with Crippen molar-refractivity contribution in [1.29, 1.82) is 0 Å². The van der Waals surface area contributed by atoms with E-state index in [0.717, 1.165) is 0 Å². The van der Waals surface area contributed by atoms with Crippen LogP contribution < -0.4 is 0 Å². The number of hydrogen-bond donors (Lipinski definition) is 0. The van der Waals surface area contributed by atoms with E-state index >= 15 is 0 Å². The number of rotatable bonds is 2. The molecular formula is C6H11NO2. The Kier molecular flexibility index (Phi) is 2.91. The van der Waals surface area contributed by atoms with Gasteiger partial charge in [0.15, 0.2) is 0 Å². The summed E-state index contributed by atoms with van der Waals surface area (Å²) in [4.78, 5) is 9.77. The predicted octanol–water partition coefficient (Wildman–Crippen LogP) is 1.82. The van der Waals surface area contributed by atoms with Gasteiger partial charge in [-0.3, -0.25) is 10.1 Å². The van der Waals surface area contributed by atoms with E-state index in [1.165, 1.54) is 6.08 Å². The van der Waals surface area contributed by atoms with Crippen molar-refractivity contribution in [3.8, 4) is 0 Å². The second-order valence-electron chi connectivity index (χ2n) is 2.13. The molecule has 0 radical (unpaired) electrons. The van der Waals surface area contributed by atoms with Gasteiger partial charge in [-0.1, -0.05) is 13.8 Å². The molecule has 0 unspecified atom stereocenters. The van der Waals surface area contributed by atoms with Crippen LogP contribution in [0.4, 0.5) is 0 Å². The van der Waals surface area contributed by atoms with Gasteiger partial charge in [0.1, 0.15) is 0 Å². The van der Waals surface area contributed by atoms with E-state index in [9.17, 15) is 10.1 Å². The van der Waals surface area contributed by atoms with E-state index in [1.807, 2.05) is 0 Å². The summed E-state index contributed by atoms with van der Waals surface area (Å²) in [6.07, 6.45) is 1.53. The lowest BCUT2D eigenvalue weighted by Crippen LogP contribution is -2.04. The quantitative estimate of drug-likeness (QED) is 0.421. The lowest BCUT2D eigenvalue weighted by Gasteiger charge is -1.98. The molecule has 9 heavy (non-hydrogen) atoms. The minimum absolute atomic E-state index is 0.0185. The van der Waals surface area contributed by atoms with Gasteiger partial charge < -0.3 is 0 Å². The van der Waals surface area contributed by atoms with Crippen molar-refractivity contribution in [1.82, 2.24) is 0 Å². The molecule has 0 aliphatic heterocycles. The van der Waals surface area contributed by atoms with Crippen LogP contribution in [0.2, 0.25) is 0 Å². The average Bonchev–Trinajstić information content (AvgIpc) is 1.64. The summed E-state index contributed by atoms with van der Waals surface area (Å²) >= 11 is 0. The molecule has 0 heterocycles. The third kappa shape index (κ3) is 2.26. The highest BCUT2D eigenvalue weighted by atomic mass is 16.6. The summed E-state index contributed by atoms with van der Waals surface area (Å²) in [5.74, 6) is 0.0185. The maximum absolute atomic E-state index is 10.1. The molecule has 0 aromatic carbocycles. The molecule has 0 saturated heterocycles. The lowest BCUT2D eigenvalue weighted by molar-refractivity contribution is -0.432. The number of hydrogen-bond acceptors (Lipinski definition) is 2. The first kappa shape index (κ1) is 8.14. The summed E-state index contributed by atoms with van der Waals surface area (Å²) < 4.78 is 0. The van der Waals surface area contributed by atoms with Crippen molar-refractivity contribution < 1.29 is 4.92 Å². The standard InChI is InChI=1S/C6H11NO2/c1-4-6(5(2)3)7(8)9/h4-5H,1-3H3/b6-4-. The summed E-state index contributed by atoms with van der Waals surface area (Å²) in [5, 5.41) is 10.1. The highest BCUT2D eigenvalue weighted by Gasteiger charge is 2.12. The second kappa shape index (κ2) is 3.22. The van der Waals surface area contributed by atoms with Crippen molar-refractivity contribution in [3.63, 3.8) is 0 Å². The summed E-state index contributed by atoms with van der Waals surface area (Å²) in [6, 6.07) is 0. The Labute approximate surface area is 54.5 Å². The molecule has 0 saturated carbocycles. The fourth-order valence-electron chi connectivity index (χ4n) is 0.650. The second-order valence-corrected chi connectivity index (χ2v) is 2.13. The van der Waals surface area contributed by atoms with E-state index in [4.69, 9.17) is 0 Å². The van der Waals surface area contributed by atoms with E-state index in [1.54, 1.807) is 20.8 Å². The topological polar surface area (TPSA) is 43.1 Å². The van der Waals surface area contributed by atoms with Gasteiger partial charge in [0.05, 0.1) is 4.92 Å². The predicted molar refractivity (Wildman–Crippen MR) is 35.6 cm³/mol. The summed E-state index contributed by atoms with van der Waals surface area (Å²) in [5.41, 5.74) is 0.287. The molecule has 0 bridgehead atoms. The molecule has 0 spiro atoms. The van der Waals surface area contributed by atoms with Gasteiger partial charge in [-0.05, 0) is 13.0 Å². The molecule has 0 fully saturated rings. The van der Waals surface area contributed by atoms with Gasteiger partial charge in [0, 0.05) is 5.92 Å². The zero-order chi connectivity index (χ0) is 7.44. The Morgan fingerprint density at radius 3 is 2.11 bits per heavy atom. The van der Waals surface area contributed by atoms with E-state index in [0.29, 0.717) is 0 Å². The molecule has 3 nitrogen and oxygen atoms in total. The third-order valence-corrected chi connectivity index (χ3v) is 1.10. The average molecular weight is 129 g/mol. The maximum Gasteiger partial charge on any atom is 0.244 e. The molecule has 0 amide bonds. The van der Waals surface area contributed by atoms with Gasteiger partial charge in [-0.15, -0.1) is 0 Å². The van der Waals surface area contributed by atoms with Crippen LogP contribution in [0.25, 0.3) is 0 Å². The molecule has 0 aromatic heterocycles. The van der Waals surface area contributed by atoms with Crippen molar-refractivity contribution in [2.45, 2.75) is 20.8 Å². The summed E-state index contributed by atoms with van der Waals surface area (Å²) in [6.45, 7) is 5.29. The SMILES string of the molecule is C/C=C(/C(C)C)[N+](=O)[O-]. The highest BCUT2D eigenvalue weighted by molar-refractivity contribution is 4.91. The first-order valence-electron chi connectivity index (χ1n) is 2.90. The summed E-state index contributed by atoms with van der Waals surface area (Å²) in [7, 11) is 0. The molecule has 0 atom stereocenters.